The number of nitrogens with one attached hydrogen (secondary N) is 1. The molecule has 1 heterocycles. The zero-order valence-corrected chi connectivity index (χ0v) is 12.1. The molecule has 4 rings (SSSR count). The quantitative estimate of drug-likeness (QED) is 0.874. The van der Waals surface area contributed by atoms with E-state index in [1.54, 1.807) is 11.3 Å². The van der Waals surface area contributed by atoms with Crippen molar-refractivity contribution in [1.29, 1.82) is 0 Å². The summed E-state index contributed by atoms with van der Waals surface area (Å²) < 4.78 is 0. The molecule has 0 spiro atoms. The molecule has 2 bridgehead atoms. The van der Waals surface area contributed by atoms with Crippen molar-refractivity contribution in [1.82, 2.24) is 4.98 Å². The Hall–Kier alpha value is -0.770. The normalized spacial score (nSPS) is 34.2. The molecule has 3 aliphatic rings. The molecule has 0 radical (unpaired) electrons. The summed E-state index contributed by atoms with van der Waals surface area (Å²) in [4.78, 5) is 5.49. The van der Waals surface area contributed by atoms with Crippen molar-refractivity contribution in [2.24, 2.45) is 11.8 Å². The third-order valence-corrected chi connectivity index (χ3v) is 6.55. The van der Waals surface area contributed by atoms with E-state index >= 15 is 0 Å². The Labute approximate surface area is 118 Å². The lowest BCUT2D eigenvalue weighted by Crippen LogP contribution is -2.25. The van der Waals surface area contributed by atoms with Gasteiger partial charge in [0.15, 0.2) is 5.13 Å². The summed E-state index contributed by atoms with van der Waals surface area (Å²) in [6.45, 7) is 0. The second kappa shape index (κ2) is 4.65. The van der Waals surface area contributed by atoms with Crippen molar-refractivity contribution < 1.29 is 5.11 Å². The van der Waals surface area contributed by atoms with Crippen molar-refractivity contribution in [3.05, 3.63) is 4.88 Å². The van der Waals surface area contributed by atoms with Gasteiger partial charge < -0.3 is 10.4 Å². The number of aromatic hydroxyl groups is 1. The Bertz CT molecular complexity index is 467. The smallest absolute Gasteiger partial charge is 0.227 e. The topological polar surface area (TPSA) is 45.2 Å². The van der Waals surface area contributed by atoms with Crippen LogP contribution in [0, 0.1) is 11.8 Å². The van der Waals surface area contributed by atoms with Crippen molar-refractivity contribution in [2.75, 3.05) is 5.32 Å². The van der Waals surface area contributed by atoms with Gasteiger partial charge in [-0.2, -0.15) is 4.98 Å². The fourth-order valence-electron chi connectivity index (χ4n) is 4.42. The first-order chi connectivity index (χ1) is 9.29. The van der Waals surface area contributed by atoms with Gasteiger partial charge in [-0.15, -0.1) is 0 Å². The lowest BCUT2D eigenvalue weighted by Gasteiger charge is -2.22. The van der Waals surface area contributed by atoms with Gasteiger partial charge in [0.05, 0.1) is 4.88 Å². The number of anilines is 1. The molecule has 0 aromatic carbocycles. The molecule has 4 heteroatoms. The van der Waals surface area contributed by atoms with Crippen LogP contribution in [-0.4, -0.2) is 16.1 Å². The Morgan fingerprint density at radius 1 is 1.11 bits per heavy atom. The minimum absolute atomic E-state index is 0.294. The molecular weight excluding hydrogens is 256 g/mol. The lowest BCUT2D eigenvalue weighted by atomic mass is 9.96. The predicted molar refractivity (Wildman–Crippen MR) is 77.8 cm³/mol. The molecule has 0 amide bonds. The highest BCUT2D eigenvalue weighted by atomic mass is 32.1. The SMILES string of the molecule is Oc1nc(N[C@H]2C[C@@H]3CC[C@H]2C3)sc1C1CCCC1. The van der Waals surface area contributed by atoms with Gasteiger partial charge in [-0.25, -0.2) is 0 Å². The zero-order valence-electron chi connectivity index (χ0n) is 11.3. The number of rotatable bonds is 3. The van der Waals surface area contributed by atoms with Crippen molar-refractivity contribution in [2.45, 2.75) is 63.3 Å². The van der Waals surface area contributed by atoms with Crippen LogP contribution in [0.2, 0.25) is 0 Å². The molecule has 2 N–H and O–H groups in total. The maximum absolute atomic E-state index is 10.1. The van der Waals surface area contributed by atoms with E-state index in [2.05, 4.69) is 10.3 Å². The van der Waals surface area contributed by atoms with Crippen LogP contribution in [0.5, 0.6) is 5.88 Å². The van der Waals surface area contributed by atoms with Crippen LogP contribution in [0.4, 0.5) is 5.13 Å². The van der Waals surface area contributed by atoms with Crippen LogP contribution in [0.3, 0.4) is 0 Å². The third kappa shape index (κ3) is 2.14. The molecule has 3 fully saturated rings. The lowest BCUT2D eigenvalue weighted by molar-refractivity contribution is 0.435. The van der Waals surface area contributed by atoms with Crippen LogP contribution in [0.1, 0.15) is 62.2 Å². The summed E-state index contributed by atoms with van der Waals surface area (Å²) in [7, 11) is 0. The summed E-state index contributed by atoms with van der Waals surface area (Å²) in [5.41, 5.74) is 0. The van der Waals surface area contributed by atoms with Crippen molar-refractivity contribution >= 4 is 16.5 Å². The van der Waals surface area contributed by atoms with Crippen LogP contribution in [0.15, 0.2) is 0 Å². The molecule has 3 atom stereocenters. The second-order valence-electron chi connectivity index (χ2n) is 6.61. The number of aromatic nitrogens is 1. The average molecular weight is 278 g/mol. The largest absolute Gasteiger partial charge is 0.492 e. The van der Waals surface area contributed by atoms with Crippen LogP contribution < -0.4 is 5.32 Å². The van der Waals surface area contributed by atoms with Gasteiger partial charge in [0.2, 0.25) is 5.88 Å². The van der Waals surface area contributed by atoms with Crippen LogP contribution in [0.25, 0.3) is 0 Å². The van der Waals surface area contributed by atoms with Gasteiger partial charge in [-0.3, -0.25) is 0 Å². The fraction of sp³-hybridized carbons (Fsp3) is 0.800. The van der Waals surface area contributed by atoms with Gasteiger partial charge >= 0.3 is 0 Å². The van der Waals surface area contributed by atoms with E-state index in [0.29, 0.717) is 17.8 Å². The maximum Gasteiger partial charge on any atom is 0.227 e. The monoisotopic (exact) mass is 278 g/mol. The Kier molecular flexibility index (Phi) is 2.94. The summed E-state index contributed by atoms with van der Waals surface area (Å²) in [5, 5.41) is 14.6. The Balaban J connectivity index is 1.48. The number of thiazole rings is 1. The highest BCUT2D eigenvalue weighted by Crippen LogP contribution is 2.47. The van der Waals surface area contributed by atoms with Gasteiger partial charge in [0.1, 0.15) is 0 Å². The number of hydrogen-bond acceptors (Lipinski definition) is 4. The molecule has 19 heavy (non-hydrogen) atoms. The van der Waals surface area contributed by atoms with E-state index in [-0.39, 0.29) is 0 Å². The van der Waals surface area contributed by atoms with Crippen molar-refractivity contribution in [3.8, 4) is 5.88 Å². The molecule has 0 saturated heterocycles. The van der Waals surface area contributed by atoms with Gasteiger partial charge in [-0.1, -0.05) is 30.6 Å². The summed E-state index contributed by atoms with van der Waals surface area (Å²) in [6.07, 6.45) is 10.6. The minimum atomic E-state index is 0.294. The van der Waals surface area contributed by atoms with E-state index in [1.165, 1.54) is 51.4 Å². The third-order valence-electron chi connectivity index (χ3n) is 5.41. The highest BCUT2D eigenvalue weighted by molar-refractivity contribution is 7.16. The molecule has 3 aliphatic carbocycles. The molecule has 0 unspecified atom stereocenters. The first-order valence-electron chi connectivity index (χ1n) is 7.76. The van der Waals surface area contributed by atoms with Crippen LogP contribution >= 0.6 is 11.3 Å². The van der Waals surface area contributed by atoms with E-state index < -0.39 is 0 Å². The summed E-state index contributed by atoms with van der Waals surface area (Å²) >= 11 is 1.70. The maximum atomic E-state index is 10.1. The Morgan fingerprint density at radius 3 is 2.63 bits per heavy atom. The van der Waals surface area contributed by atoms with E-state index in [0.717, 1.165) is 21.8 Å². The van der Waals surface area contributed by atoms with Gasteiger partial charge in [0.25, 0.3) is 0 Å². The number of nitrogens with zero attached hydrogens (tertiary/aromatic N) is 1. The first-order valence-corrected chi connectivity index (χ1v) is 8.57. The molecule has 1 aromatic heterocycles. The van der Waals surface area contributed by atoms with Gasteiger partial charge in [-0.05, 0) is 49.9 Å². The van der Waals surface area contributed by atoms with Crippen LogP contribution in [-0.2, 0) is 0 Å². The highest BCUT2D eigenvalue weighted by Gasteiger charge is 2.40. The molecule has 3 nitrogen and oxygen atoms in total. The van der Waals surface area contributed by atoms with E-state index in [1.807, 2.05) is 0 Å². The minimum Gasteiger partial charge on any atom is -0.492 e. The second-order valence-corrected chi connectivity index (χ2v) is 7.64. The fourth-order valence-corrected chi connectivity index (χ4v) is 5.51. The first kappa shape index (κ1) is 12.0. The average Bonchev–Trinajstić information content (AvgIpc) is 3.12. The zero-order chi connectivity index (χ0) is 12.8. The van der Waals surface area contributed by atoms with E-state index in [4.69, 9.17) is 0 Å². The molecule has 3 saturated carbocycles. The van der Waals surface area contributed by atoms with Crippen molar-refractivity contribution in [3.63, 3.8) is 0 Å². The standard InChI is InChI=1S/C15H22N2OS/c18-14-13(10-3-1-2-4-10)19-15(17-14)16-12-8-9-5-6-11(12)7-9/h9-12,18H,1-8H2,(H,16,17)/t9-,11+,12+/m1/s1. The summed E-state index contributed by atoms with van der Waals surface area (Å²) in [5.74, 6) is 2.66. The Morgan fingerprint density at radius 2 is 1.95 bits per heavy atom. The summed E-state index contributed by atoms with van der Waals surface area (Å²) in [6, 6.07) is 0.612. The number of fused-ring (bicyclic) bond motifs is 2. The number of hydrogen-bond donors (Lipinski definition) is 2. The molecule has 0 aliphatic heterocycles. The molecule has 104 valence electrons. The van der Waals surface area contributed by atoms with Gasteiger partial charge in [0, 0.05) is 6.04 Å². The predicted octanol–water partition coefficient (Wildman–Crippen LogP) is 4.11. The van der Waals surface area contributed by atoms with E-state index in [9.17, 15) is 5.11 Å². The molecule has 1 aromatic rings. The molecular formula is C15H22N2OS.